The van der Waals surface area contributed by atoms with Crippen LogP contribution in [0.5, 0.6) is 0 Å². The molecule has 2 N–H and O–H groups in total. The van der Waals surface area contributed by atoms with Crippen LogP contribution in [0.15, 0.2) is 42.6 Å². The van der Waals surface area contributed by atoms with Crippen molar-refractivity contribution in [3.05, 3.63) is 42.6 Å². The molecule has 0 aromatic heterocycles. The molecule has 2 unspecified atom stereocenters. The summed E-state index contributed by atoms with van der Waals surface area (Å²) in [7, 11) is -1.66. The van der Waals surface area contributed by atoms with E-state index in [1.807, 2.05) is 6.07 Å². The number of hydrogen-bond acceptors (Lipinski definition) is 1. The highest BCUT2D eigenvalue weighted by Crippen LogP contribution is 2.11. The maximum atomic E-state index is 6.18. The summed E-state index contributed by atoms with van der Waals surface area (Å²) < 4.78 is 0. The normalized spacial score (nSPS) is 17.1. The third kappa shape index (κ3) is 1.96. The van der Waals surface area contributed by atoms with Crippen molar-refractivity contribution in [3.8, 4) is 0 Å². The van der Waals surface area contributed by atoms with Gasteiger partial charge >= 0.3 is 0 Å². The molecule has 0 aliphatic carbocycles. The van der Waals surface area contributed by atoms with Crippen LogP contribution in [0, 0.1) is 0 Å². The van der Waals surface area contributed by atoms with E-state index in [4.69, 9.17) is 5.73 Å². The van der Waals surface area contributed by atoms with E-state index in [2.05, 4.69) is 50.0 Å². The SMILES string of the molecule is C=C[Si](C)(c1ccccc1)C(N)CC. The van der Waals surface area contributed by atoms with E-state index in [1.165, 1.54) is 5.19 Å². The molecule has 1 aromatic carbocycles. The number of nitrogens with two attached hydrogens (primary N) is 1. The van der Waals surface area contributed by atoms with Gasteiger partial charge in [0.05, 0.1) is 0 Å². The van der Waals surface area contributed by atoms with E-state index in [0.29, 0.717) is 0 Å². The molecule has 0 fully saturated rings. The van der Waals surface area contributed by atoms with E-state index in [1.54, 1.807) is 0 Å². The molecule has 0 aliphatic rings. The lowest BCUT2D eigenvalue weighted by Crippen LogP contribution is -2.57. The Balaban J connectivity index is 3.08. The Morgan fingerprint density at radius 1 is 1.43 bits per heavy atom. The van der Waals surface area contributed by atoms with E-state index in [0.717, 1.165) is 6.42 Å². The molecule has 14 heavy (non-hydrogen) atoms. The largest absolute Gasteiger partial charge is 0.329 e. The second-order valence-electron chi connectivity index (χ2n) is 3.87. The molecule has 1 rings (SSSR count). The topological polar surface area (TPSA) is 26.0 Å². The van der Waals surface area contributed by atoms with Gasteiger partial charge in [0.1, 0.15) is 8.07 Å². The third-order valence-corrected chi connectivity index (χ3v) is 7.40. The average Bonchev–Trinajstić information content (AvgIpc) is 2.28. The van der Waals surface area contributed by atoms with Crippen molar-refractivity contribution in [2.75, 3.05) is 0 Å². The molecule has 2 heteroatoms. The van der Waals surface area contributed by atoms with Gasteiger partial charge in [-0.1, -0.05) is 54.7 Å². The van der Waals surface area contributed by atoms with Crippen LogP contribution in [-0.4, -0.2) is 13.7 Å². The van der Waals surface area contributed by atoms with Crippen LogP contribution in [0.2, 0.25) is 6.55 Å². The lowest BCUT2D eigenvalue weighted by molar-refractivity contribution is 0.829. The zero-order chi connectivity index (χ0) is 10.6. The summed E-state index contributed by atoms with van der Waals surface area (Å²) in [5.74, 6) is 0. The van der Waals surface area contributed by atoms with Gasteiger partial charge in [-0.2, -0.15) is 0 Å². The summed E-state index contributed by atoms with van der Waals surface area (Å²) in [6.07, 6.45) is 1.02. The van der Waals surface area contributed by atoms with Gasteiger partial charge in [0.2, 0.25) is 0 Å². The van der Waals surface area contributed by atoms with Crippen LogP contribution < -0.4 is 10.9 Å². The fraction of sp³-hybridized carbons (Fsp3) is 0.333. The second-order valence-corrected chi connectivity index (χ2v) is 8.16. The molecule has 0 aliphatic heterocycles. The van der Waals surface area contributed by atoms with Crippen molar-refractivity contribution >= 4 is 13.3 Å². The number of rotatable bonds is 4. The number of hydrogen-bond donors (Lipinski definition) is 1. The van der Waals surface area contributed by atoms with Crippen molar-refractivity contribution in [2.45, 2.75) is 25.6 Å². The Bertz CT molecular complexity index is 296. The minimum atomic E-state index is -1.66. The van der Waals surface area contributed by atoms with Gasteiger partial charge in [-0.05, 0) is 6.42 Å². The van der Waals surface area contributed by atoms with Gasteiger partial charge in [-0.25, -0.2) is 0 Å². The molecule has 0 radical (unpaired) electrons. The predicted molar refractivity (Wildman–Crippen MR) is 66.2 cm³/mol. The van der Waals surface area contributed by atoms with Crippen LogP contribution >= 0.6 is 0 Å². The molecule has 76 valence electrons. The summed E-state index contributed by atoms with van der Waals surface area (Å²) in [6, 6.07) is 10.5. The molecule has 0 saturated heterocycles. The summed E-state index contributed by atoms with van der Waals surface area (Å²) in [5.41, 5.74) is 8.54. The molecule has 0 bridgehead atoms. The molecule has 0 saturated carbocycles. The molecule has 1 aromatic rings. The molecule has 2 atom stereocenters. The predicted octanol–water partition coefficient (Wildman–Crippen LogP) is 1.97. The zero-order valence-corrected chi connectivity index (χ0v) is 10.0. The average molecular weight is 205 g/mol. The lowest BCUT2D eigenvalue weighted by atomic mass is 10.4. The summed E-state index contributed by atoms with van der Waals surface area (Å²) in [6.45, 7) is 8.38. The minimum Gasteiger partial charge on any atom is -0.329 e. The molecule has 0 heterocycles. The van der Waals surface area contributed by atoms with Crippen LogP contribution in [0.25, 0.3) is 0 Å². The summed E-state index contributed by atoms with van der Waals surface area (Å²) in [5, 5.41) is 1.38. The van der Waals surface area contributed by atoms with Crippen LogP contribution in [0.3, 0.4) is 0 Å². The van der Waals surface area contributed by atoms with Crippen LogP contribution in [-0.2, 0) is 0 Å². The van der Waals surface area contributed by atoms with Crippen molar-refractivity contribution in [1.29, 1.82) is 0 Å². The quantitative estimate of drug-likeness (QED) is 0.747. The Hall–Kier alpha value is -0.863. The summed E-state index contributed by atoms with van der Waals surface area (Å²) >= 11 is 0. The Morgan fingerprint density at radius 3 is 2.43 bits per heavy atom. The van der Waals surface area contributed by atoms with E-state index in [-0.39, 0.29) is 5.67 Å². The van der Waals surface area contributed by atoms with Crippen molar-refractivity contribution in [1.82, 2.24) is 0 Å². The lowest BCUT2D eigenvalue weighted by Gasteiger charge is -2.30. The number of benzene rings is 1. The maximum absolute atomic E-state index is 6.18. The highest BCUT2D eigenvalue weighted by atomic mass is 28.3. The Kier molecular flexibility index (Phi) is 3.67. The van der Waals surface area contributed by atoms with E-state index in [9.17, 15) is 0 Å². The molecule has 1 nitrogen and oxygen atoms in total. The molecular formula is C12H19NSi. The maximum Gasteiger partial charge on any atom is 0.123 e. The van der Waals surface area contributed by atoms with E-state index < -0.39 is 8.07 Å². The highest BCUT2D eigenvalue weighted by Gasteiger charge is 2.31. The van der Waals surface area contributed by atoms with Gasteiger partial charge in [-0.3, -0.25) is 0 Å². The Morgan fingerprint density at radius 2 is 2.00 bits per heavy atom. The Labute approximate surface area is 87.7 Å². The fourth-order valence-corrected chi connectivity index (χ4v) is 4.43. The monoisotopic (exact) mass is 205 g/mol. The molecule has 0 spiro atoms. The van der Waals surface area contributed by atoms with Crippen molar-refractivity contribution < 1.29 is 0 Å². The first kappa shape index (κ1) is 11.2. The van der Waals surface area contributed by atoms with Crippen molar-refractivity contribution in [3.63, 3.8) is 0 Å². The van der Waals surface area contributed by atoms with Gasteiger partial charge in [0, 0.05) is 5.67 Å². The van der Waals surface area contributed by atoms with Gasteiger partial charge in [0.25, 0.3) is 0 Å². The van der Waals surface area contributed by atoms with Gasteiger partial charge in [-0.15, -0.1) is 6.58 Å². The third-order valence-electron chi connectivity index (χ3n) is 3.03. The first-order valence-corrected chi connectivity index (χ1v) is 7.75. The second kappa shape index (κ2) is 4.58. The van der Waals surface area contributed by atoms with Crippen molar-refractivity contribution in [2.24, 2.45) is 5.73 Å². The highest BCUT2D eigenvalue weighted by molar-refractivity contribution is 6.96. The first-order chi connectivity index (χ1) is 6.65. The minimum absolute atomic E-state index is 0.266. The fourth-order valence-electron chi connectivity index (χ4n) is 1.70. The molecular weight excluding hydrogens is 186 g/mol. The standard InChI is InChI=1S/C12H19NSi/c1-4-12(13)14(3,5-2)11-9-7-6-8-10-11/h5-10,12H,2,4,13H2,1,3H3. The first-order valence-electron chi connectivity index (χ1n) is 5.09. The molecule has 0 amide bonds. The van der Waals surface area contributed by atoms with Crippen LogP contribution in [0.1, 0.15) is 13.3 Å². The van der Waals surface area contributed by atoms with Crippen LogP contribution in [0.4, 0.5) is 0 Å². The zero-order valence-electron chi connectivity index (χ0n) is 9.03. The smallest absolute Gasteiger partial charge is 0.123 e. The summed E-state index contributed by atoms with van der Waals surface area (Å²) in [4.78, 5) is 0. The van der Waals surface area contributed by atoms with Gasteiger partial charge in [0.15, 0.2) is 0 Å². The van der Waals surface area contributed by atoms with E-state index >= 15 is 0 Å². The van der Waals surface area contributed by atoms with Gasteiger partial charge < -0.3 is 5.73 Å².